The van der Waals surface area contributed by atoms with Crippen molar-refractivity contribution in [3.05, 3.63) is 34.5 Å². The number of aromatic nitrogens is 3. The highest BCUT2D eigenvalue weighted by molar-refractivity contribution is 7.27. The number of fused-ring (bicyclic) bond motifs is 1. The maximum absolute atomic E-state index is 12.3. The van der Waals surface area contributed by atoms with E-state index in [4.69, 9.17) is 0 Å². The minimum atomic E-state index is 0.124. The van der Waals surface area contributed by atoms with Gasteiger partial charge in [0.15, 0.2) is 5.78 Å². The van der Waals surface area contributed by atoms with E-state index in [0.717, 1.165) is 23.7 Å². The van der Waals surface area contributed by atoms with Crippen LogP contribution in [-0.2, 0) is 13.0 Å². The molecule has 0 amide bonds. The first-order valence-electron chi connectivity index (χ1n) is 6.15. The SMILES string of the molecule is CCCn1ncnc1CC(=O)c1cc2sccc2s1. The van der Waals surface area contributed by atoms with Gasteiger partial charge in [-0.1, -0.05) is 6.92 Å². The van der Waals surface area contributed by atoms with Gasteiger partial charge in [-0.05, 0) is 23.9 Å². The highest BCUT2D eigenvalue weighted by Gasteiger charge is 2.15. The molecule has 3 heterocycles. The highest BCUT2D eigenvalue weighted by Crippen LogP contribution is 2.30. The Hall–Kier alpha value is -1.53. The van der Waals surface area contributed by atoms with E-state index in [1.54, 1.807) is 22.7 Å². The number of carbonyl (C=O) groups is 1. The smallest absolute Gasteiger partial charge is 0.180 e. The van der Waals surface area contributed by atoms with Crippen molar-refractivity contribution in [1.82, 2.24) is 14.8 Å². The number of Topliss-reactive ketones (excluding diaryl/α,β-unsaturated/α-hetero) is 1. The average molecular weight is 291 g/mol. The van der Waals surface area contributed by atoms with E-state index in [0.29, 0.717) is 6.42 Å². The van der Waals surface area contributed by atoms with Crippen molar-refractivity contribution < 1.29 is 4.79 Å². The van der Waals surface area contributed by atoms with Gasteiger partial charge >= 0.3 is 0 Å². The predicted molar refractivity (Wildman–Crippen MR) is 78.0 cm³/mol. The normalized spacial score (nSPS) is 11.2. The van der Waals surface area contributed by atoms with Crippen LogP contribution in [-0.4, -0.2) is 20.5 Å². The maximum Gasteiger partial charge on any atom is 0.180 e. The monoisotopic (exact) mass is 291 g/mol. The standard InChI is InChI=1S/C13H13N3OS2/c1-2-4-16-13(14-8-15-16)6-9(17)11-7-12-10(19-11)3-5-18-12/h3,5,7-8H,2,4,6H2,1H3. The van der Waals surface area contributed by atoms with E-state index in [9.17, 15) is 4.79 Å². The molecule has 3 rings (SSSR count). The fraction of sp³-hybridized carbons (Fsp3) is 0.308. The van der Waals surface area contributed by atoms with Gasteiger partial charge in [-0.2, -0.15) is 5.10 Å². The van der Waals surface area contributed by atoms with Crippen LogP contribution in [0.3, 0.4) is 0 Å². The van der Waals surface area contributed by atoms with Crippen LogP contribution in [0.4, 0.5) is 0 Å². The molecule has 0 N–H and O–H groups in total. The number of hydrogen-bond donors (Lipinski definition) is 0. The minimum Gasteiger partial charge on any atom is -0.293 e. The molecule has 3 aromatic heterocycles. The zero-order chi connectivity index (χ0) is 13.2. The lowest BCUT2D eigenvalue weighted by Gasteiger charge is -2.02. The second kappa shape index (κ2) is 5.22. The Morgan fingerprint density at radius 2 is 2.32 bits per heavy atom. The number of hydrogen-bond acceptors (Lipinski definition) is 5. The molecule has 6 heteroatoms. The Balaban J connectivity index is 1.80. The first kappa shape index (κ1) is 12.5. The lowest BCUT2D eigenvalue weighted by atomic mass is 10.2. The summed E-state index contributed by atoms with van der Waals surface area (Å²) in [6.07, 6.45) is 2.83. The molecule has 0 aromatic carbocycles. The van der Waals surface area contributed by atoms with Gasteiger partial charge < -0.3 is 0 Å². The molecule has 0 fully saturated rings. The molecule has 0 spiro atoms. The largest absolute Gasteiger partial charge is 0.293 e. The van der Waals surface area contributed by atoms with Crippen LogP contribution in [0.1, 0.15) is 28.8 Å². The molecule has 0 saturated heterocycles. The third-order valence-corrected chi connectivity index (χ3v) is 5.00. The van der Waals surface area contributed by atoms with Crippen molar-refractivity contribution in [3.8, 4) is 0 Å². The van der Waals surface area contributed by atoms with Crippen molar-refractivity contribution in [2.45, 2.75) is 26.3 Å². The Morgan fingerprint density at radius 3 is 3.11 bits per heavy atom. The molecule has 0 aliphatic heterocycles. The van der Waals surface area contributed by atoms with Crippen molar-refractivity contribution in [1.29, 1.82) is 0 Å². The molecule has 0 aliphatic rings. The van der Waals surface area contributed by atoms with Gasteiger partial charge in [0.25, 0.3) is 0 Å². The first-order chi connectivity index (χ1) is 9.28. The molecule has 0 radical (unpaired) electrons. The van der Waals surface area contributed by atoms with Gasteiger partial charge in [-0.15, -0.1) is 22.7 Å². The Bertz CT molecular complexity index is 682. The van der Waals surface area contributed by atoms with Gasteiger partial charge in [-0.3, -0.25) is 4.79 Å². The summed E-state index contributed by atoms with van der Waals surface area (Å²) in [4.78, 5) is 17.3. The quantitative estimate of drug-likeness (QED) is 0.677. The predicted octanol–water partition coefficient (Wildman–Crippen LogP) is 3.39. The number of rotatable bonds is 5. The van der Waals surface area contributed by atoms with Gasteiger partial charge in [0.05, 0.1) is 11.3 Å². The first-order valence-corrected chi connectivity index (χ1v) is 7.84. The Kier molecular flexibility index (Phi) is 3.44. The van der Waals surface area contributed by atoms with Crippen molar-refractivity contribution in [2.75, 3.05) is 0 Å². The van der Waals surface area contributed by atoms with E-state index in [2.05, 4.69) is 23.1 Å². The van der Waals surface area contributed by atoms with Crippen molar-refractivity contribution in [2.24, 2.45) is 0 Å². The molecule has 0 saturated carbocycles. The molecule has 98 valence electrons. The molecule has 4 nitrogen and oxygen atoms in total. The Labute approximate surface area is 118 Å². The lowest BCUT2D eigenvalue weighted by molar-refractivity contribution is 0.0993. The number of nitrogens with zero attached hydrogens (tertiary/aromatic N) is 3. The fourth-order valence-corrected chi connectivity index (χ4v) is 4.00. The summed E-state index contributed by atoms with van der Waals surface area (Å²) in [7, 11) is 0. The van der Waals surface area contributed by atoms with E-state index < -0.39 is 0 Å². The van der Waals surface area contributed by atoms with Gasteiger partial charge in [0.2, 0.25) is 0 Å². The van der Waals surface area contributed by atoms with Crippen LogP contribution in [0, 0.1) is 0 Å². The lowest BCUT2D eigenvalue weighted by Crippen LogP contribution is -2.10. The summed E-state index contributed by atoms with van der Waals surface area (Å²) in [6, 6.07) is 4.04. The molecule has 3 aromatic rings. The summed E-state index contributed by atoms with van der Waals surface area (Å²) in [6.45, 7) is 2.89. The highest BCUT2D eigenvalue weighted by atomic mass is 32.1. The summed E-state index contributed by atoms with van der Waals surface area (Å²) < 4.78 is 4.18. The fourth-order valence-electron chi connectivity index (χ4n) is 1.96. The van der Waals surface area contributed by atoms with Crippen LogP contribution in [0.5, 0.6) is 0 Å². The number of carbonyl (C=O) groups excluding carboxylic acids is 1. The molecular formula is C13H13N3OS2. The average Bonchev–Trinajstić information content (AvgIpc) is 3.04. The third-order valence-electron chi connectivity index (χ3n) is 2.86. The summed E-state index contributed by atoms with van der Waals surface area (Å²) in [5.74, 6) is 0.877. The number of ketones is 1. The second-order valence-electron chi connectivity index (χ2n) is 4.26. The summed E-state index contributed by atoms with van der Waals surface area (Å²) >= 11 is 3.23. The topological polar surface area (TPSA) is 47.8 Å². The van der Waals surface area contributed by atoms with Crippen molar-refractivity contribution >= 4 is 37.9 Å². The second-order valence-corrected chi connectivity index (χ2v) is 6.29. The minimum absolute atomic E-state index is 0.124. The third kappa shape index (κ3) is 2.46. The molecule has 0 atom stereocenters. The molecule has 0 aliphatic carbocycles. The van der Waals surface area contributed by atoms with Gasteiger partial charge in [-0.25, -0.2) is 9.67 Å². The molecule has 0 unspecified atom stereocenters. The van der Waals surface area contributed by atoms with Gasteiger partial charge in [0.1, 0.15) is 12.2 Å². The van der Waals surface area contributed by atoms with Crippen LogP contribution < -0.4 is 0 Å². The zero-order valence-corrected chi connectivity index (χ0v) is 12.1. The summed E-state index contributed by atoms with van der Waals surface area (Å²) in [5.41, 5.74) is 0. The molecule has 0 bridgehead atoms. The van der Waals surface area contributed by atoms with E-state index in [-0.39, 0.29) is 5.78 Å². The van der Waals surface area contributed by atoms with E-state index >= 15 is 0 Å². The Morgan fingerprint density at radius 1 is 1.42 bits per heavy atom. The molecular weight excluding hydrogens is 278 g/mol. The van der Waals surface area contributed by atoms with Crippen LogP contribution in [0.25, 0.3) is 9.40 Å². The van der Waals surface area contributed by atoms with E-state index in [1.807, 2.05) is 16.1 Å². The van der Waals surface area contributed by atoms with Crippen LogP contribution >= 0.6 is 22.7 Å². The zero-order valence-electron chi connectivity index (χ0n) is 10.5. The number of aryl methyl sites for hydroxylation is 1. The van der Waals surface area contributed by atoms with Gasteiger partial charge in [0, 0.05) is 15.9 Å². The number of thiophene rings is 2. The van der Waals surface area contributed by atoms with E-state index in [1.165, 1.54) is 15.7 Å². The van der Waals surface area contributed by atoms with Crippen LogP contribution in [0.2, 0.25) is 0 Å². The van der Waals surface area contributed by atoms with Crippen LogP contribution in [0.15, 0.2) is 23.8 Å². The maximum atomic E-state index is 12.3. The van der Waals surface area contributed by atoms with Crippen molar-refractivity contribution in [3.63, 3.8) is 0 Å². The summed E-state index contributed by atoms with van der Waals surface area (Å²) in [5, 5.41) is 6.19. The molecule has 19 heavy (non-hydrogen) atoms.